The first-order chi connectivity index (χ1) is 22.8. The zero-order chi connectivity index (χ0) is 33.7. The summed E-state index contributed by atoms with van der Waals surface area (Å²) >= 11 is 0.149. The van der Waals surface area contributed by atoms with E-state index in [4.69, 9.17) is 4.74 Å². The van der Waals surface area contributed by atoms with E-state index in [0.717, 1.165) is 13.2 Å². The molecule has 0 saturated carbocycles. The molecule has 2 heteroatoms. The maximum absolute atomic E-state index is 5.87. The molecule has 0 fully saturated rings. The van der Waals surface area contributed by atoms with Crippen molar-refractivity contribution in [1.82, 2.24) is 0 Å². The zero-order valence-electron chi connectivity index (χ0n) is 33.2. The molecule has 46 heavy (non-hydrogen) atoms. The molecular weight excluding hydrogens is 663 g/mol. The third kappa shape index (κ3) is 51.6. The molecule has 0 spiro atoms. The van der Waals surface area contributed by atoms with Gasteiger partial charge < -0.3 is 4.74 Å². The molecule has 0 aromatic rings. The van der Waals surface area contributed by atoms with Gasteiger partial charge in [-0.25, -0.2) is 0 Å². The van der Waals surface area contributed by atoms with E-state index in [9.17, 15) is 0 Å². The van der Waals surface area contributed by atoms with Crippen LogP contribution in [-0.2, 0) is 4.74 Å². The van der Waals surface area contributed by atoms with Crippen molar-refractivity contribution in [3.8, 4) is 0 Å². The number of unbranched alkanes of at least 4 members (excludes halogenated alkanes) is 32. The average molecular weight is 756 g/mol. The van der Waals surface area contributed by atoms with E-state index in [1.54, 1.807) is 8.87 Å². The first-order valence-electron chi connectivity index (χ1n) is 22.1. The molecule has 0 atom stereocenters. The summed E-state index contributed by atoms with van der Waals surface area (Å²) in [4.78, 5) is 0. The van der Waals surface area contributed by atoms with Gasteiger partial charge in [-0.15, -0.1) is 0 Å². The first-order valence-corrected chi connectivity index (χ1v) is 26.1. The molecule has 0 aliphatic heterocycles. The molecular formula is C44H92OSn. The molecule has 2 radical (unpaired) electrons. The van der Waals surface area contributed by atoms with Crippen LogP contribution in [0.3, 0.4) is 0 Å². The van der Waals surface area contributed by atoms with E-state index in [1.165, 1.54) is 231 Å². The van der Waals surface area contributed by atoms with Crippen molar-refractivity contribution in [3.63, 3.8) is 0 Å². The Labute approximate surface area is 305 Å². The van der Waals surface area contributed by atoms with Crippen molar-refractivity contribution in [3.05, 3.63) is 0 Å². The van der Waals surface area contributed by atoms with Crippen LogP contribution in [0.4, 0.5) is 0 Å². The Bertz CT molecular complexity index is 427. The minimum absolute atomic E-state index is 0.149. The third-order valence-corrected chi connectivity index (χ3v) is 13.7. The quantitative estimate of drug-likeness (QED) is 0.0447. The maximum atomic E-state index is 5.87. The summed E-state index contributed by atoms with van der Waals surface area (Å²) in [7, 11) is 0. The summed E-state index contributed by atoms with van der Waals surface area (Å²) in [6.07, 6.45) is 51.9. The van der Waals surface area contributed by atoms with Crippen molar-refractivity contribution in [1.29, 1.82) is 0 Å². The van der Waals surface area contributed by atoms with Crippen LogP contribution < -0.4 is 0 Å². The number of ether oxygens (including phenoxy) is 1. The SMILES string of the molecule is CCCCCCCCCCCCCCCCCCOCCCCCCCCCCCCCCCCCC.CCC[CH2][Sn][CH2]CCC. The number of hydrogen-bond acceptors (Lipinski definition) is 1. The Balaban J connectivity index is 0. The fourth-order valence-electron chi connectivity index (χ4n) is 6.34. The molecule has 0 rings (SSSR count). The average Bonchev–Trinajstić information content (AvgIpc) is 3.07. The molecule has 0 aliphatic rings. The summed E-state index contributed by atoms with van der Waals surface area (Å²) < 4.78 is 9.12. The van der Waals surface area contributed by atoms with Gasteiger partial charge in [0, 0.05) is 13.2 Å². The topological polar surface area (TPSA) is 9.23 Å². The van der Waals surface area contributed by atoms with Crippen LogP contribution in [-0.4, -0.2) is 34.4 Å². The van der Waals surface area contributed by atoms with E-state index in [1.807, 2.05) is 0 Å². The third-order valence-electron chi connectivity index (χ3n) is 9.70. The summed E-state index contributed by atoms with van der Waals surface area (Å²) in [5.74, 6) is 0. The Morgan fingerprint density at radius 2 is 0.435 bits per heavy atom. The van der Waals surface area contributed by atoms with Crippen molar-refractivity contribution >= 4 is 21.1 Å². The summed E-state index contributed by atoms with van der Waals surface area (Å²) in [5, 5.41) is 0. The first kappa shape index (κ1) is 48.9. The van der Waals surface area contributed by atoms with Crippen molar-refractivity contribution < 1.29 is 4.74 Å². The molecule has 0 N–H and O–H groups in total. The van der Waals surface area contributed by atoms with E-state index >= 15 is 0 Å². The molecule has 0 aliphatic carbocycles. The molecule has 0 amide bonds. The summed E-state index contributed by atoms with van der Waals surface area (Å²) in [5.41, 5.74) is 0. The van der Waals surface area contributed by atoms with Gasteiger partial charge in [0.25, 0.3) is 0 Å². The zero-order valence-corrected chi connectivity index (χ0v) is 36.0. The van der Waals surface area contributed by atoms with Crippen LogP contribution in [0.5, 0.6) is 0 Å². The van der Waals surface area contributed by atoms with Crippen LogP contribution in [0.15, 0.2) is 0 Å². The second kappa shape index (κ2) is 50.1. The van der Waals surface area contributed by atoms with Crippen LogP contribution in [0.2, 0.25) is 8.87 Å². The molecule has 0 saturated heterocycles. The van der Waals surface area contributed by atoms with E-state index in [2.05, 4.69) is 27.7 Å². The van der Waals surface area contributed by atoms with Gasteiger partial charge in [-0.05, 0) is 12.8 Å². The molecule has 0 heterocycles. The standard InChI is InChI=1S/C36H74O.2C4H9.Sn/c1-3-5-7-9-11-13-15-17-19-21-23-25-27-29-31-33-35-37-36-34-32-30-28-26-24-22-20-18-16-14-12-10-8-6-4-2;2*1-3-4-2;/h3-36H2,1-2H3;2*1,3-4H2,2H3;. The second-order valence-corrected chi connectivity index (χ2v) is 19.0. The van der Waals surface area contributed by atoms with Crippen LogP contribution >= 0.6 is 0 Å². The van der Waals surface area contributed by atoms with Crippen LogP contribution in [0.25, 0.3) is 0 Å². The van der Waals surface area contributed by atoms with Gasteiger partial charge in [0.1, 0.15) is 0 Å². The molecule has 278 valence electrons. The van der Waals surface area contributed by atoms with E-state index < -0.39 is 0 Å². The second-order valence-electron chi connectivity index (χ2n) is 14.7. The van der Waals surface area contributed by atoms with Gasteiger partial charge >= 0.3 is 69.5 Å². The molecule has 0 bridgehead atoms. The Kier molecular flexibility index (Phi) is 53.3. The monoisotopic (exact) mass is 757 g/mol. The molecule has 0 aromatic carbocycles. The van der Waals surface area contributed by atoms with Crippen molar-refractivity contribution in [2.24, 2.45) is 0 Å². The fourth-order valence-corrected chi connectivity index (χ4v) is 10.5. The fraction of sp³-hybridized carbons (Fsp3) is 1.00. The molecule has 0 unspecified atom stereocenters. The van der Waals surface area contributed by atoms with Gasteiger partial charge in [0.05, 0.1) is 0 Å². The summed E-state index contributed by atoms with van der Waals surface area (Å²) in [6, 6.07) is 0. The summed E-state index contributed by atoms with van der Waals surface area (Å²) in [6.45, 7) is 11.2. The van der Waals surface area contributed by atoms with Crippen LogP contribution in [0, 0.1) is 0 Å². The molecule has 0 aromatic heterocycles. The van der Waals surface area contributed by atoms with Crippen LogP contribution in [0.1, 0.15) is 259 Å². The van der Waals surface area contributed by atoms with E-state index in [-0.39, 0.29) is 21.1 Å². The normalized spacial score (nSPS) is 11.2. The number of rotatable bonds is 40. The predicted octanol–water partition coefficient (Wildman–Crippen LogP) is 16.7. The van der Waals surface area contributed by atoms with E-state index in [0.29, 0.717) is 0 Å². The van der Waals surface area contributed by atoms with Gasteiger partial charge in [-0.3, -0.25) is 0 Å². The molecule has 1 nitrogen and oxygen atoms in total. The van der Waals surface area contributed by atoms with Gasteiger partial charge in [0.15, 0.2) is 0 Å². The van der Waals surface area contributed by atoms with Gasteiger partial charge in [-0.1, -0.05) is 206 Å². The Morgan fingerprint density at radius 3 is 0.652 bits per heavy atom. The van der Waals surface area contributed by atoms with Crippen molar-refractivity contribution in [2.75, 3.05) is 13.2 Å². The van der Waals surface area contributed by atoms with Gasteiger partial charge in [0.2, 0.25) is 0 Å². The number of hydrogen-bond donors (Lipinski definition) is 0. The van der Waals surface area contributed by atoms with Gasteiger partial charge in [-0.2, -0.15) is 0 Å². The minimum atomic E-state index is 0.149. The Morgan fingerprint density at radius 1 is 0.239 bits per heavy atom. The van der Waals surface area contributed by atoms with Crippen molar-refractivity contribution in [2.45, 2.75) is 268 Å². The predicted molar refractivity (Wildman–Crippen MR) is 215 cm³/mol. The Hall–Kier alpha value is 0.759.